The lowest BCUT2D eigenvalue weighted by molar-refractivity contribution is 0.0685. The highest BCUT2D eigenvalue weighted by Crippen LogP contribution is 2.35. The van der Waals surface area contributed by atoms with E-state index < -0.39 is 29.2 Å². The molecule has 0 aliphatic heterocycles. The number of rotatable bonds is 2. The molecule has 22 heavy (non-hydrogen) atoms. The summed E-state index contributed by atoms with van der Waals surface area (Å²) in [7, 11) is 0. The van der Waals surface area contributed by atoms with Crippen molar-refractivity contribution in [3.63, 3.8) is 0 Å². The largest absolute Gasteiger partial charge is 0.508 e. The van der Waals surface area contributed by atoms with Gasteiger partial charge in [-0.25, -0.2) is 9.59 Å². The first-order valence-corrected chi connectivity index (χ1v) is 5.73. The number of carboxylic acids is 2. The van der Waals surface area contributed by atoms with E-state index in [0.717, 1.165) is 12.1 Å². The van der Waals surface area contributed by atoms with Crippen molar-refractivity contribution in [1.29, 1.82) is 0 Å². The van der Waals surface area contributed by atoms with Crippen LogP contribution >= 0.6 is 0 Å². The minimum Gasteiger partial charge on any atom is -0.508 e. The van der Waals surface area contributed by atoms with Crippen molar-refractivity contribution in [2.75, 3.05) is 0 Å². The Bertz CT molecular complexity index is 667. The van der Waals surface area contributed by atoms with Crippen LogP contribution in [0.3, 0.4) is 0 Å². The quantitative estimate of drug-likeness (QED) is 0.457. The monoisotopic (exact) mass is 308 g/mol. The predicted molar refractivity (Wildman–Crippen MR) is 73.5 cm³/mol. The Morgan fingerprint density at radius 1 is 0.682 bits per heavy atom. The summed E-state index contributed by atoms with van der Waals surface area (Å²) in [5, 5.41) is 52.1. The fraction of sp³-hybridized carbons (Fsp3) is 0. The summed E-state index contributed by atoms with van der Waals surface area (Å²) >= 11 is 0. The average Bonchev–Trinajstić information content (AvgIpc) is 2.45. The predicted octanol–water partition coefficient (Wildman–Crippen LogP) is 1.59. The maximum atomic E-state index is 10.3. The highest BCUT2D eigenvalue weighted by molar-refractivity contribution is 5.89. The van der Waals surface area contributed by atoms with Gasteiger partial charge in [0.05, 0.1) is 11.1 Å². The van der Waals surface area contributed by atoms with Crippen molar-refractivity contribution >= 4 is 11.9 Å². The molecule has 0 aliphatic rings. The van der Waals surface area contributed by atoms with E-state index in [1.807, 2.05) is 0 Å². The van der Waals surface area contributed by atoms with Gasteiger partial charge in [0, 0.05) is 0 Å². The van der Waals surface area contributed by atoms with E-state index in [1.54, 1.807) is 0 Å². The molecule has 0 radical (unpaired) electrons. The molecule has 116 valence electrons. The minimum absolute atomic E-state index is 0.0741. The standard InChI is InChI=1S/C7H6O5.C7H6O3/c8-4-1-3(7(11)12)2-5(9)6(4)10;8-6-3-1-5(2-4-6)7(9)10/h1-2,8-10H,(H,11,12);1-4,8H,(H,9,10). The van der Waals surface area contributed by atoms with Crippen molar-refractivity contribution in [2.24, 2.45) is 0 Å². The number of carboxylic acid groups (broad SMARTS) is 2. The molecular formula is C14H12O8. The number of hydrogen-bond acceptors (Lipinski definition) is 6. The number of phenols is 4. The van der Waals surface area contributed by atoms with Crippen LogP contribution in [0, 0.1) is 0 Å². The van der Waals surface area contributed by atoms with E-state index in [0.29, 0.717) is 0 Å². The summed E-state index contributed by atoms with van der Waals surface area (Å²) in [5.74, 6) is -4.24. The zero-order valence-corrected chi connectivity index (χ0v) is 11.0. The normalized spacial score (nSPS) is 9.45. The Hall–Kier alpha value is -3.42. The molecule has 2 rings (SSSR count). The molecule has 8 heteroatoms. The second kappa shape index (κ2) is 6.84. The molecular weight excluding hydrogens is 296 g/mol. The van der Waals surface area contributed by atoms with E-state index in [9.17, 15) is 9.59 Å². The van der Waals surface area contributed by atoms with Crippen LogP contribution < -0.4 is 0 Å². The van der Waals surface area contributed by atoms with Crippen LogP contribution in [0.15, 0.2) is 36.4 Å². The van der Waals surface area contributed by atoms with Gasteiger partial charge in [-0.05, 0) is 36.4 Å². The summed E-state index contributed by atoms with van der Waals surface area (Å²) in [6.07, 6.45) is 0. The molecule has 0 bridgehead atoms. The van der Waals surface area contributed by atoms with E-state index in [1.165, 1.54) is 24.3 Å². The van der Waals surface area contributed by atoms with Crippen LogP contribution in [0.25, 0.3) is 0 Å². The van der Waals surface area contributed by atoms with Gasteiger partial charge in [-0.1, -0.05) is 0 Å². The Balaban J connectivity index is 0.000000224. The van der Waals surface area contributed by atoms with Gasteiger partial charge in [-0.2, -0.15) is 0 Å². The van der Waals surface area contributed by atoms with Crippen LogP contribution in [0.1, 0.15) is 20.7 Å². The number of aromatic carboxylic acids is 2. The third-order valence-corrected chi connectivity index (χ3v) is 2.43. The first kappa shape index (κ1) is 16.6. The lowest BCUT2D eigenvalue weighted by atomic mass is 10.2. The number of phenolic OH excluding ortho intramolecular Hbond substituents is 4. The van der Waals surface area contributed by atoms with Gasteiger partial charge in [-0.3, -0.25) is 0 Å². The molecule has 6 N–H and O–H groups in total. The number of aromatic hydroxyl groups is 4. The summed E-state index contributed by atoms with van der Waals surface area (Å²) in [6, 6.07) is 7.05. The SMILES string of the molecule is O=C(O)c1cc(O)c(O)c(O)c1.O=C(O)c1ccc(O)cc1. The molecule has 0 amide bonds. The fourth-order valence-electron chi connectivity index (χ4n) is 1.33. The van der Waals surface area contributed by atoms with E-state index in [-0.39, 0.29) is 16.9 Å². The molecule has 0 spiro atoms. The maximum absolute atomic E-state index is 10.3. The van der Waals surface area contributed by atoms with E-state index >= 15 is 0 Å². The molecule has 0 heterocycles. The zero-order valence-electron chi connectivity index (χ0n) is 11.0. The molecule has 0 unspecified atom stereocenters. The third kappa shape index (κ3) is 4.30. The van der Waals surface area contributed by atoms with Crippen LogP contribution in [-0.4, -0.2) is 42.6 Å². The van der Waals surface area contributed by atoms with Gasteiger partial charge in [-0.15, -0.1) is 0 Å². The van der Waals surface area contributed by atoms with Crippen molar-refractivity contribution < 1.29 is 40.2 Å². The van der Waals surface area contributed by atoms with Gasteiger partial charge >= 0.3 is 11.9 Å². The summed E-state index contributed by atoms with van der Waals surface area (Å²) in [5.41, 5.74) is -0.111. The van der Waals surface area contributed by atoms with Gasteiger partial charge in [0.15, 0.2) is 17.2 Å². The number of benzene rings is 2. The summed E-state index contributed by atoms with van der Waals surface area (Å²) in [6.45, 7) is 0. The minimum atomic E-state index is -1.29. The highest BCUT2D eigenvalue weighted by atomic mass is 16.4. The first-order chi connectivity index (χ1) is 10.2. The van der Waals surface area contributed by atoms with Crippen molar-refractivity contribution in [1.82, 2.24) is 0 Å². The Kier molecular flexibility index (Phi) is 5.17. The highest BCUT2D eigenvalue weighted by Gasteiger charge is 2.11. The summed E-state index contributed by atoms with van der Waals surface area (Å²) < 4.78 is 0. The zero-order chi connectivity index (χ0) is 16.9. The second-order valence-electron chi connectivity index (χ2n) is 4.02. The molecule has 0 aromatic heterocycles. The van der Waals surface area contributed by atoms with Crippen LogP contribution in [0.2, 0.25) is 0 Å². The molecule has 0 aliphatic carbocycles. The Morgan fingerprint density at radius 3 is 1.45 bits per heavy atom. The van der Waals surface area contributed by atoms with Crippen LogP contribution in [-0.2, 0) is 0 Å². The number of hydrogen-bond donors (Lipinski definition) is 6. The molecule has 2 aromatic carbocycles. The molecule has 2 aromatic rings. The maximum Gasteiger partial charge on any atom is 0.335 e. The number of carbonyl (C=O) groups is 2. The van der Waals surface area contributed by atoms with Crippen molar-refractivity contribution in [2.45, 2.75) is 0 Å². The second-order valence-corrected chi connectivity index (χ2v) is 4.02. The first-order valence-electron chi connectivity index (χ1n) is 5.73. The van der Waals surface area contributed by atoms with Gasteiger partial charge < -0.3 is 30.6 Å². The molecule has 8 nitrogen and oxygen atoms in total. The van der Waals surface area contributed by atoms with E-state index in [4.69, 9.17) is 30.6 Å². The Labute approximate surface area is 123 Å². The van der Waals surface area contributed by atoms with Crippen molar-refractivity contribution in [3.8, 4) is 23.0 Å². The van der Waals surface area contributed by atoms with Gasteiger partial charge in [0.1, 0.15) is 5.75 Å². The summed E-state index contributed by atoms with van der Waals surface area (Å²) in [4.78, 5) is 20.5. The molecule has 0 saturated carbocycles. The average molecular weight is 308 g/mol. The topological polar surface area (TPSA) is 156 Å². The molecule has 0 atom stereocenters. The smallest absolute Gasteiger partial charge is 0.335 e. The molecule has 0 fully saturated rings. The third-order valence-electron chi connectivity index (χ3n) is 2.43. The van der Waals surface area contributed by atoms with Crippen molar-refractivity contribution in [3.05, 3.63) is 47.5 Å². The lowest BCUT2D eigenvalue weighted by Gasteiger charge is -2.01. The Morgan fingerprint density at radius 2 is 1.09 bits per heavy atom. The van der Waals surface area contributed by atoms with E-state index in [2.05, 4.69) is 0 Å². The van der Waals surface area contributed by atoms with Crippen LogP contribution in [0.5, 0.6) is 23.0 Å². The van der Waals surface area contributed by atoms with Crippen LogP contribution in [0.4, 0.5) is 0 Å². The van der Waals surface area contributed by atoms with Gasteiger partial charge in [0.2, 0.25) is 0 Å². The molecule has 0 saturated heterocycles. The lowest BCUT2D eigenvalue weighted by Crippen LogP contribution is -1.95. The fourth-order valence-corrected chi connectivity index (χ4v) is 1.33. The van der Waals surface area contributed by atoms with Gasteiger partial charge in [0.25, 0.3) is 0 Å².